The molecule has 2 N–H and O–H groups in total. The van der Waals surface area contributed by atoms with Crippen LogP contribution in [0.5, 0.6) is 17.2 Å². The number of methoxy groups -OCH3 is 1. The number of esters is 1. The summed E-state index contributed by atoms with van der Waals surface area (Å²) in [6, 6.07) is 22.5. The number of fused-ring (bicyclic) bond motifs is 1. The normalized spacial score (nSPS) is 10.9. The fourth-order valence-corrected chi connectivity index (χ4v) is 3.33. The molecule has 0 saturated carbocycles. The van der Waals surface area contributed by atoms with E-state index in [0.29, 0.717) is 16.9 Å². The molecule has 170 valence electrons. The zero-order valence-corrected chi connectivity index (χ0v) is 18.6. The Bertz CT molecular complexity index is 1390. The Morgan fingerprint density at radius 1 is 0.912 bits per heavy atom. The van der Waals surface area contributed by atoms with Crippen LogP contribution in [0, 0.1) is 6.92 Å². The summed E-state index contributed by atoms with van der Waals surface area (Å²) in [7, 11) is 1.46. The molecule has 0 fully saturated rings. The average molecular weight is 454 g/mol. The lowest BCUT2D eigenvalue weighted by molar-refractivity contribution is 0.0729. The second-order valence-corrected chi connectivity index (χ2v) is 7.58. The van der Waals surface area contributed by atoms with E-state index in [4.69, 9.17) is 9.47 Å². The van der Waals surface area contributed by atoms with Crippen molar-refractivity contribution in [1.29, 1.82) is 0 Å². The zero-order valence-electron chi connectivity index (χ0n) is 18.6. The van der Waals surface area contributed by atoms with Crippen LogP contribution in [-0.4, -0.2) is 30.3 Å². The van der Waals surface area contributed by atoms with Crippen LogP contribution in [-0.2, 0) is 0 Å². The minimum Gasteiger partial charge on any atom is -0.507 e. The number of rotatable bonds is 6. The number of nitrogens with zero attached hydrogens (tertiary/aromatic N) is 1. The standard InChI is InChI=1S/C27H22N2O5/c1-17-7-10-19(11-8-17)27(32)34-24-12-9-18(13-25(24)33-2)16-28-29-26(31)22-14-20-5-3-4-6-21(20)15-23(22)30/h3-16,30H,1-2H3,(H,29,31)/b28-16+. The molecule has 0 radical (unpaired) electrons. The number of amides is 1. The molecule has 0 aliphatic rings. The van der Waals surface area contributed by atoms with Gasteiger partial charge < -0.3 is 14.6 Å². The zero-order chi connectivity index (χ0) is 24.1. The second kappa shape index (κ2) is 9.87. The summed E-state index contributed by atoms with van der Waals surface area (Å²) in [5, 5.41) is 15.8. The van der Waals surface area contributed by atoms with Gasteiger partial charge >= 0.3 is 5.97 Å². The molecule has 4 rings (SSSR count). The van der Waals surface area contributed by atoms with Crippen LogP contribution in [0.2, 0.25) is 0 Å². The summed E-state index contributed by atoms with van der Waals surface area (Å²) < 4.78 is 10.8. The van der Waals surface area contributed by atoms with E-state index in [1.807, 2.05) is 43.3 Å². The number of hydrogen-bond donors (Lipinski definition) is 2. The number of benzene rings is 4. The highest BCUT2D eigenvalue weighted by molar-refractivity contribution is 6.01. The monoisotopic (exact) mass is 454 g/mol. The molecule has 0 bridgehead atoms. The number of carbonyl (C=O) groups excluding carboxylic acids is 2. The average Bonchev–Trinajstić information content (AvgIpc) is 2.84. The molecule has 1 amide bonds. The summed E-state index contributed by atoms with van der Waals surface area (Å²) in [5.74, 6) is -0.580. The number of hydrogen-bond acceptors (Lipinski definition) is 6. The molecular formula is C27H22N2O5. The maximum atomic E-state index is 12.5. The molecule has 0 saturated heterocycles. The van der Waals surface area contributed by atoms with Crippen molar-refractivity contribution in [3.63, 3.8) is 0 Å². The Hall–Kier alpha value is -4.65. The van der Waals surface area contributed by atoms with Gasteiger partial charge in [-0.05, 0) is 65.7 Å². The van der Waals surface area contributed by atoms with Gasteiger partial charge in [-0.2, -0.15) is 5.10 Å². The van der Waals surface area contributed by atoms with Crippen molar-refractivity contribution < 1.29 is 24.2 Å². The van der Waals surface area contributed by atoms with Gasteiger partial charge in [0.2, 0.25) is 0 Å². The van der Waals surface area contributed by atoms with Crippen molar-refractivity contribution in [2.45, 2.75) is 6.92 Å². The van der Waals surface area contributed by atoms with Crippen molar-refractivity contribution in [1.82, 2.24) is 5.43 Å². The maximum absolute atomic E-state index is 12.5. The Balaban J connectivity index is 1.45. The molecule has 0 aliphatic heterocycles. The molecule has 4 aromatic rings. The highest BCUT2D eigenvalue weighted by Gasteiger charge is 2.14. The molecule has 0 heterocycles. The Kier molecular flexibility index (Phi) is 6.54. The Labute approximate surface area is 196 Å². The predicted molar refractivity (Wildman–Crippen MR) is 130 cm³/mol. The van der Waals surface area contributed by atoms with Crippen LogP contribution in [0.1, 0.15) is 31.8 Å². The van der Waals surface area contributed by atoms with Crippen molar-refractivity contribution >= 4 is 28.9 Å². The molecule has 34 heavy (non-hydrogen) atoms. The number of phenolic OH excluding ortho intramolecular Hbond substituents is 1. The van der Waals surface area contributed by atoms with Crippen molar-refractivity contribution in [3.8, 4) is 17.2 Å². The molecule has 4 aromatic carbocycles. The maximum Gasteiger partial charge on any atom is 0.343 e. The van der Waals surface area contributed by atoms with Gasteiger partial charge in [0, 0.05) is 0 Å². The second-order valence-electron chi connectivity index (χ2n) is 7.58. The van der Waals surface area contributed by atoms with E-state index in [0.717, 1.165) is 16.3 Å². The van der Waals surface area contributed by atoms with Crippen molar-refractivity contribution in [2.24, 2.45) is 5.10 Å². The number of hydrazone groups is 1. The first-order chi connectivity index (χ1) is 16.4. The van der Waals surface area contributed by atoms with Crippen LogP contribution < -0.4 is 14.9 Å². The van der Waals surface area contributed by atoms with Gasteiger partial charge in [0.25, 0.3) is 5.91 Å². The third-order valence-corrected chi connectivity index (χ3v) is 5.17. The van der Waals surface area contributed by atoms with Gasteiger partial charge in [-0.25, -0.2) is 10.2 Å². The summed E-state index contributed by atoms with van der Waals surface area (Å²) in [6.45, 7) is 1.94. The molecule has 0 aliphatic carbocycles. The van der Waals surface area contributed by atoms with Crippen LogP contribution in [0.15, 0.2) is 84.0 Å². The van der Waals surface area contributed by atoms with E-state index in [-0.39, 0.29) is 17.1 Å². The topological polar surface area (TPSA) is 97.2 Å². The lowest BCUT2D eigenvalue weighted by atomic mass is 10.1. The predicted octanol–water partition coefficient (Wildman–Crippen LogP) is 4.85. The van der Waals surface area contributed by atoms with Crippen LogP contribution in [0.25, 0.3) is 10.8 Å². The molecular weight excluding hydrogens is 432 g/mol. The number of phenols is 1. The molecule has 7 nitrogen and oxygen atoms in total. The van der Waals surface area contributed by atoms with E-state index in [1.165, 1.54) is 19.4 Å². The lowest BCUT2D eigenvalue weighted by Gasteiger charge is -2.10. The molecule has 0 unspecified atom stereocenters. The van der Waals surface area contributed by atoms with E-state index in [1.54, 1.807) is 36.4 Å². The van der Waals surface area contributed by atoms with Crippen LogP contribution in [0.4, 0.5) is 0 Å². The third-order valence-electron chi connectivity index (χ3n) is 5.17. The van der Waals surface area contributed by atoms with Gasteiger partial charge in [-0.15, -0.1) is 0 Å². The summed E-state index contributed by atoms with van der Waals surface area (Å²) in [6.07, 6.45) is 1.42. The van der Waals surface area contributed by atoms with E-state index in [2.05, 4.69) is 10.5 Å². The molecule has 0 aromatic heterocycles. The van der Waals surface area contributed by atoms with Gasteiger partial charge in [0.05, 0.1) is 24.5 Å². The summed E-state index contributed by atoms with van der Waals surface area (Å²) >= 11 is 0. The summed E-state index contributed by atoms with van der Waals surface area (Å²) in [5.41, 5.74) is 4.60. The van der Waals surface area contributed by atoms with Crippen LogP contribution in [0.3, 0.4) is 0 Å². The van der Waals surface area contributed by atoms with Gasteiger partial charge in [-0.3, -0.25) is 4.79 Å². The number of carbonyl (C=O) groups is 2. The van der Waals surface area contributed by atoms with Gasteiger partial charge in [0.15, 0.2) is 11.5 Å². The van der Waals surface area contributed by atoms with Gasteiger partial charge in [-0.1, -0.05) is 42.0 Å². The molecule has 7 heteroatoms. The SMILES string of the molecule is COc1cc(/C=N/NC(=O)c2cc3ccccc3cc2O)ccc1OC(=O)c1ccc(C)cc1. The quantitative estimate of drug-likeness (QED) is 0.188. The fourth-order valence-electron chi connectivity index (χ4n) is 3.33. The smallest absolute Gasteiger partial charge is 0.343 e. The van der Waals surface area contributed by atoms with E-state index in [9.17, 15) is 14.7 Å². The fraction of sp³-hybridized carbons (Fsp3) is 0.0741. The highest BCUT2D eigenvalue weighted by atomic mass is 16.6. The van der Waals surface area contributed by atoms with Crippen LogP contribution >= 0.6 is 0 Å². The Morgan fingerprint density at radius 3 is 2.32 bits per heavy atom. The molecule has 0 atom stereocenters. The number of aryl methyl sites for hydroxylation is 1. The minimum atomic E-state index is -0.546. The highest BCUT2D eigenvalue weighted by Crippen LogP contribution is 2.28. The first kappa shape index (κ1) is 22.5. The first-order valence-corrected chi connectivity index (χ1v) is 10.5. The number of aromatic hydroxyl groups is 1. The lowest BCUT2D eigenvalue weighted by Crippen LogP contribution is -2.17. The van der Waals surface area contributed by atoms with Crippen molar-refractivity contribution in [3.05, 3.63) is 101 Å². The van der Waals surface area contributed by atoms with E-state index >= 15 is 0 Å². The summed E-state index contributed by atoms with van der Waals surface area (Å²) in [4.78, 5) is 24.9. The van der Waals surface area contributed by atoms with E-state index < -0.39 is 11.9 Å². The Morgan fingerprint density at radius 2 is 1.62 bits per heavy atom. The third kappa shape index (κ3) is 5.05. The number of nitrogens with one attached hydrogen (secondary N) is 1. The first-order valence-electron chi connectivity index (χ1n) is 10.5. The number of ether oxygens (including phenoxy) is 2. The largest absolute Gasteiger partial charge is 0.507 e. The van der Waals surface area contributed by atoms with Gasteiger partial charge in [0.1, 0.15) is 5.75 Å². The van der Waals surface area contributed by atoms with Crippen molar-refractivity contribution in [2.75, 3.05) is 7.11 Å². The minimum absolute atomic E-state index is 0.117. The molecule has 0 spiro atoms.